The summed E-state index contributed by atoms with van der Waals surface area (Å²) in [7, 11) is 7.04. The molecule has 0 aromatic heterocycles. The molecule has 8 nitrogen and oxygen atoms in total. The van der Waals surface area contributed by atoms with Crippen LogP contribution in [0.2, 0.25) is 0 Å². The van der Waals surface area contributed by atoms with Crippen LogP contribution in [0, 0.1) is 17.3 Å². The first-order valence-corrected chi connectivity index (χ1v) is 13.2. The van der Waals surface area contributed by atoms with E-state index in [4.69, 9.17) is 18.9 Å². The van der Waals surface area contributed by atoms with Gasteiger partial charge in [-0.1, -0.05) is 18.2 Å². The molecule has 7 atom stereocenters. The molecule has 2 saturated heterocycles. The highest BCUT2D eigenvalue weighted by Crippen LogP contribution is 2.77. The van der Waals surface area contributed by atoms with Crippen molar-refractivity contribution in [3.05, 3.63) is 59.7 Å². The lowest BCUT2D eigenvalue weighted by Crippen LogP contribution is -2.82. The number of ether oxygens (including phenoxy) is 4. The average Bonchev–Trinajstić information content (AvgIpc) is 3.45. The lowest BCUT2D eigenvalue weighted by molar-refractivity contribution is -0.229. The van der Waals surface area contributed by atoms with E-state index in [1.807, 2.05) is 6.07 Å². The summed E-state index contributed by atoms with van der Waals surface area (Å²) < 4.78 is 24.4. The Labute approximate surface area is 221 Å². The molecule has 3 heterocycles. The Morgan fingerprint density at radius 1 is 0.947 bits per heavy atom. The Kier molecular flexibility index (Phi) is 4.15. The van der Waals surface area contributed by atoms with Gasteiger partial charge < -0.3 is 23.8 Å². The fourth-order valence-electron chi connectivity index (χ4n) is 9.35. The summed E-state index contributed by atoms with van der Waals surface area (Å²) in [6.07, 6.45) is 5.42. The highest BCUT2D eigenvalue weighted by molar-refractivity contribution is 6.23. The number of hydrogen-bond donors (Lipinski definition) is 0. The van der Waals surface area contributed by atoms with E-state index in [1.165, 1.54) is 10.5 Å². The Bertz CT molecular complexity index is 1450. The van der Waals surface area contributed by atoms with Gasteiger partial charge in [0.15, 0.2) is 11.5 Å². The predicted molar refractivity (Wildman–Crippen MR) is 138 cm³/mol. The second-order valence-electron chi connectivity index (χ2n) is 11.5. The van der Waals surface area contributed by atoms with Crippen molar-refractivity contribution >= 4 is 17.5 Å². The molecule has 3 aliphatic heterocycles. The molecule has 2 spiro atoms. The number of nitrogens with zero attached hydrogens (tertiary/aromatic N) is 2. The zero-order chi connectivity index (χ0) is 26.2. The molecule has 0 N–H and O–H groups in total. The summed E-state index contributed by atoms with van der Waals surface area (Å²) in [5.41, 5.74) is 0.738. The van der Waals surface area contributed by atoms with Gasteiger partial charge in [0.05, 0.1) is 37.2 Å². The number of rotatable bonds is 4. The molecule has 0 radical (unpaired) electrons. The van der Waals surface area contributed by atoms with E-state index >= 15 is 0 Å². The summed E-state index contributed by atoms with van der Waals surface area (Å²) in [6, 6.07) is 11.3. The maximum atomic E-state index is 14.6. The van der Waals surface area contributed by atoms with Crippen molar-refractivity contribution in [1.82, 2.24) is 4.90 Å². The first-order chi connectivity index (χ1) is 18.4. The van der Waals surface area contributed by atoms with Crippen molar-refractivity contribution in [2.45, 2.75) is 36.0 Å². The highest BCUT2D eigenvalue weighted by atomic mass is 16.6. The van der Waals surface area contributed by atoms with Gasteiger partial charge in [-0.3, -0.25) is 9.59 Å². The second kappa shape index (κ2) is 6.98. The number of piperidine rings is 1. The van der Waals surface area contributed by atoms with Crippen molar-refractivity contribution in [2.75, 3.05) is 39.8 Å². The van der Waals surface area contributed by atoms with Crippen LogP contribution in [0.4, 0.5) is 5.69 Å². The van der Waals surface area contributed by atoms with Crippen LogP contribution in [0.5, 0.6) is 17.2 Å². The zero-order valence-electron chi connectivity index (χ0n) is 21.9. The maximum Gasteiger partial charge on any atom is 0.241 e. The predicted octanol–water partition coefficient (Wildman–Crippen LogP) is 2.72. The van der Waals surface area contributed by atoms with Crippen molar-refractivity contribution in [1.29, 1.82) is 0 Å². The quantitative estimate of drug-likeness (QED) is 0.459. The van der Waals surface area contributed by atoms with E-state index < -0.39 is 34.4 Å². The van der Waals surface area contributed by atoms with Gasteiger partial charge >= 0.3 is 0 Å². The SMILES string of the molecule is COc1ccc(N2C(=O)C3C(C2=O)[C@@]24C=C[C@]3(OC)[C@@H]3Oc5c(OC)ccc6c5[C@@]32CCN(C)[C@@H]4C6)cc1. The number of hydrogen-bond acceptors (Lipinski definition) is 7. The van der Waals surface area contributed by atoms with Crippen LogP contribution in [0.25, 0.3) is 0 Å². The van der Waals surface area contributed by atoms with Gasteiger partial charge in [-0.25, -0.2) is 4.90 Å². The number of imide groups is 1. The smallest absolute Gasteiger partial charge is 0.241 e. The van der Waals surface area contributed by atoms with Crippen LogP contribution >= 0.6 is 0 Å². The third kappa shape index (κ3) is 2.10. The fourth-order valence-corrected chi connectivity index (χ4v) is 9.35. The van der Waals surface area contributed by atoms with E-state index in [0.29, 0.717) is 17.2 Å². The average molecular weight is 515 g/mol. The topological polar surface area (TPSA) is 77.5 Å². The van der Waals surface area contributed by atoms with E-state index in [2.05, 4.69) is 30.2 Å². The lowest BCUT2D eigenvalue weighted by Gasteiger charge is -2.71. The van der Waals surface area contributed by atoms with Crippen LogP contribution in [0.3, 0.4) is 0 Å². The van der Waals surface area contributed by atoms with Crippen LogP contribution in [0.15, 0.2) is 48.6 Å². The Morgan fingerprint density at radius 2 is 1.71 bits per heavy atom. The highest BCUT2D eigenvalue weighted by Gasteiger charge is 2.86. The zero-order valence-corrected chi connectivity index (χ0v) is 21.9. The summed E-state index contributed by atoms with van der Waals surface area (Å²) in [4.78, 5) is 32.7. The standard InChI is InChI=1S/C30H30N2O6/c1-31-14-13-29-21-16-5-10-19(36-3)24(21)38-27(29)30(37-4)12-11-28(29,20(31)15-16)22-23(30)26(34)32(25(22)33)17-6-8-18(35-2)9-7-17/h5-12,20,22-23,27H,13-15H2,1-4H3/t20-,22?,23?,27-,28+,29+,30-/m1/s1. The molecule has 7 aliphatic rings. The van der Waals surface area contributed by atoms with Crippen molar-refractivity contribution < 1.29 is 28.5 Å². The number of carbonyl (C=O) groups excluding carboxylic acids is 2. The van der Waals surface area contributed by atoms with Gasteiger partial charge in [0.2, 0.25) is 11.8 Å². The Balaban J connectivity index is 1.41. The molecule has 196 valence electrons. The number of amides is 2. The molecule has 4 aliphatic carbocycles. The second-order valence-corrected chi connectivity index (χ2v) is 11.5. The van der Waals surface area contributed by atoms with Gasteiger partial charge in [0, 0.05) is 24.1 Å². The number of anilines is 1. The summed E-state index contributed by atoms with van der Waals surface area (Å²) >= 11 is 0. The molecule has 38 heavy (non-hydrogen) atoms. The van der Waals surface area contributed by atoms with E-state index in [1.54, 1.807) is 45.6 Å². The van der Waals surface area contributed by atoms with Crippen LogP contribution in [-0.4, -0.2) is 69.4 Å². The minimum atomic E-state index is -1.08. The van der Waals surface area contributed by atoms with Gasteiger partial charge in [0.25, 0.3) is 0 Å². The molecular weight excluding hydrogens is 484 g/mol. The van der Waals surface area contributed by atoms with Crippen LogP contribution in [0.1, 0.15) is 17.5 Å². The summed E-state index contributed by atoms with van der Waals surface area (Å²) in [5, 5.41) is 0. The van der Waals surface area contributed by atoms with Crippen molar-refractivity contribution in [3.8, 4) is 17.2 Å². The third-order valence-corrected chi connectivity index (χ3v) is 10.7. The van der Waals surface area contributed by atoms with Crippen LogP contribution in [-0.2, 0) is 26.2 Å². The van der Waals surface area contributed by atoms with Gasteiger partial charge in [0.1, 0.15) is 17.5 Å². The fraction of sp³-hybridized carbons (Fsp3) is 0.467. The number of benzene rings is 2. The number of methoxy groups -OCH3 is 3. The monoisotopic (exact) mass is 514 g/mol. The normalized spacial score (nSPS) is 39.2. The largest absolute Gasteiger partial charge is 0.497 e. The molecule has 4 bridgehead atoms. The van der Waals surface area contributed by atoms with Gasteiger partial charge in [-0.2, -0.15) is 0 Å². The molecule has 2 unspecified atom stereocenters. The molecule has 9 rings (SSSR count). The summed E-state index contributed by atoms with van der Waals surface area (Å²) in [6.45, 7) is 0.873. The number of likely N-dealkylation sites (N-methyl/N-ethyl adjacent to an activating group) is 1. The molecule has 1 saturated carbocycles. The number of likely N-dealkylation sites (tertiary alicyclic amines) is 1. The van der Waals surface area contributed by atoms with Crippen LogP contribution < -0.4 is 19.1 Å². The Morgan fingerprint density at radius 3 is 2.42 bits per heavy atom. The Hall–Kier alpha value is -3.36. The van der Waals surface area contributed by atoms with Crippen molar-refractivity contribution in [2.24, 2.45) is 17.3 Å². The molecular formula is C30H30N2O6. The molecule has 3 fully saturated rings. The van der Waals surface area contributed by atoms with E-state index in [-0.39, 0.29) is 17.9 Å². The van der Waals surface area contributed by atoms with E-state index in [0.717, 1.165) is 30.7 Å². The van der Waals surface area contributed by atoms with E-state index in [9.17, 15) is 9.59 Å². The molecule has 8 heteroatoms. The molecule has 2 aromatic rings. The third-order valence-electron chi connectivity index (χ3n) is 10.7. The number of carbonyl (C=O) groups is 2. The van der Waals surface area contributed by atoms with Gasteiger partial charge in [-0.15, -0.1) is 0 Å². The first-order valence-electron chi connectivity index (χ1n) is 13.2. The van der Waals surface area contributed by atoms with Gasteiger partial charge in [-0.05, 0) is 62.3 Å². The first kappa shape index (κ1) is 22.6. The lowest BCUT2D eigenvalue weighted by atomic mass is 9.34. The summed E-state index contributed by atoms with van der Waals surface area (Å²) in [5.74, 6) is 0.452. The molecule has 2 aromatic carbocycles. The van der Waals surface area contributed by atoms with Crippen molar-refractivity contribution in [3.63, 3.8) is 0 Å². The molecule has 2 amide bonds. The minimum Gasteiger partial charge on any atom is -0.497 e. The minimum absolute atomic E-state index is 0.0423. The maximum absolute atomic E-state index is 14.6.